The van der Waals surface area contributed by atoms with Gasteiger partial charge in [0.05, 0.1) is 4.90 Å². The minimum absolute atomic E-state index is 0.130. The van der Waals surface area contributed by atoms with E-state index in [1.807, 2.05) is 25.3 Å². The summed E-state index contributed by atoms with van der Waals surface area (Å²) in [5.41, 5.74) is 6.02. The predicted molar refractivity (Wildman–Crippen MR) is 126 cm³/mol. The molecule has 0 atom stereocenters. The summed E-state index contributed by atoms with van der Waals surface area (Å²) in [5, 5.41) is 4.06. The number of carbonyl (C=O) groups excluding carboxylic acids is 1. The number of hydrogen-bond acceptors (Lipinski definition) is 5. The lowest BCUT2D eigenvalue weighted by atomic mass is 9.84. The van der Waals surface area contributed by atoms with Crippen LogP contribution in [0.2, 0.25) is 0 Å². The van der Waals surface area contributed by atoms with E-state index in [1.54, 1.807) is 18.3 Å². The van der Waals surface area contributed by atoms with Gasteiger partial charge in [-0.3, -0.25) is 4.79 Å². The van der Waals surface area contributed by atoms with Crippen molar-refractivity contribution in [1.82, 2.24) is 9.73 Å². The zero-order chi connectivity index (χ0) is 22.9. The molecule has 4 rings (SSSR count). The van der Waals surface area contributed by atoms with E-state index in [9.17, 15) is 13.2 Å². The van der Waals surface area contributed by atoms with Crippen LogP contribution in [0.5, 0.6) is 0 Å². The lowest BCUT2D eigenvalue weighted by molar-refractivity contribution is 0.0955. The van der Waals surface area contributed by atoms with Gasteiger partial charge in [-0.25, -0.2) is 13.8 Å². The molecule has 32 heavy (non-hydrogen) atoms. The highest BCUT2D eigenvalue weighted by atomic mass is 32.2. The molecule has 1 amide bonds. The number of nitrogens with zero attached hydrogens (tertiary/aromatic N) is 3. The van der Waals surface area contributed by atoms with Crippen LogP contribution in [0, 0.1) is 0 Å². The number of amides is 1. The van der Waals surface area contributed by atoms with Crippen molar-refractivity contribution in [3.05, 3.63) is 71.4 Å². The third-order valence-corrected chi connectivity index (χ3v) is 8.11. The van der Waals surface area contributed by atoms with Gasteiger partial charge in [-0.1, -0.05) is 38.1 Å². The van der Waals surface area contributed by atoms with Gasteiger partial charge in [0.2, 0.25) is 10.0 Å². The molecule has 0 bridgehead atoms. The predicted octanol–water partition coefficient (Wildman–Crippen LogP) is 3.50. The van der Waals surface area contributed by atoms with E-state index in [2.05, 4.69) is 41.4 Å². The van der Waals surface area contributed by atoms with Crippen molar-refractivity contribution in [2.24, 2.45) is 5.10 Å². The summed E-state index contributed by atoms with van der Waals surface area (Å²) in [5.74, 6) is -0.458. The molecule has 1 saturated heterocycles. The first kappa shape index (κ1) is 22.2. The van der Waals surface area contributed by atoms with Crippen LogP contribution in [0.4, 0.5) is 5.69 Å². The Morgan fingerprint density at radius 3 is 2.53 bits per heavy atom. The van der Waals surface area contributed by atoms with E-state index in [4.69, 9.17) is 0 Å². The van der Waals surface area contributed by atoms with E-state index in [0.717, 1.165) is 24.2 Å². The molecule has 2 aromatic rings. The van der Waals surface area contributed by atoms with E-state index < -0.39 is 15.9 Å². The molecule has 7 nitrogen and oxygen atoms in total. The number of fused-ring (bicyclic) bond motifs is 1. The second-order valence-electron chi connectivity index (χ2n) is 8.61. The molecule has 0 spiro atoms. The summed E-state index contributed by atoms with van der Waals surface area (Å²) in [6.07, 6.45) is 5.16. The topological polar surface area (TPSA) is 82.1 Å². The average molecular weight is 453 g/mol. The van der Waals surface area contributed by atoms with Crippen molar-refractivity contribution in [2.45, 2.75) is 37.0 Å². The molecule has 2 heterocycles. The Kier molecular flexibility index (Phi) is 5.92. The van der Waals surface area contributed by atoms with E-state index in [0.29, 0.717) is 13.1 Å². The van der Waals surface area contributed by atoms with Crippen molar-refractivity contribution >= 4 is 27.8 Å². The van der Waals surface area contributed by atoms with Crippen LogP contribution in [-0.4, -0.2) is 45.0 Å². The van der Waals surface area contributed by atoms with E-state index >= 15 is 0 Å². The van der Waals surface area contributed by atoms with Gasteiger partial charge >= 0.3 is 0 Å². The molecular formula is C24H28N4O3S. The van der Waals surface area contributed by atoms with Gasteiger partial charge in [0.15, 0.2) is 0 Å². The Labute approximate surface area is 189 Å². The molecule has 0 saturated carbocycles. The van der Waals surface area contributed by atoms with E-state index in [1.165, 1.54) is 22.0 Å². The molecule has 2 aliphatic heterocycles. The number of hydrogen-bond donors (Lipinski definition) is 1. The summed E-state index contributed by atoms with van der Waals surface area (Å²) >= 11 is 0. The van der Waals surface area contributed by atoms with Gasteiger partial charge in [0, 0.05) is 48.7 Å². The standard InChI is InChI=1S/C24H28N4O3S/c1-24(2)20-11-4-5-12-21(20)27(3)22(24)13-14-25-26-23(29)18-9-8-10-19(17-18)32(30,31)28-15-6-7-16-28/h4-5,8-14,17H,6-7,15-16H2,1-3H3,(H,26,29)/b22-13-,25-14+. The number of sulfonamides is 1. The number of carbonyl (C=O) groups is 1. The fraction of sp³-hybridized carbons (Fsp3) is 0.333. The molecule has 0 aromatic heterocycles. The van der Waals surface area contributed by atoms with Crippen molar-refractivity contribution in [3.8, 4) is 0 Å². The number of benzene rings is 2. The lowest BCUT2D eigenvalue weighted by Gasteiger charge is -2.23. The quantitative estimate of drug-likeness (QED) is 0.556. The first-order chi connectivity index (χ1) is 15.2. The molecule has 0 radical (unpaired) electrons. The minimum Gasteiger partial charge on any atom is -0.347 e. The largest absolute Gasteiger partial charge is 0.347 e. The van der Waals surface area contributed by atoms with Crippen LogP contribution in [0.1, 0.15) is 42.6 Å². The number of hydrazone groups is 1. The molecule has 1 fully saturated rings. The van der Waals surface area contributed by atoms with Crippen molar-refractivity contribution in [2.75, 3.05) is 25.0 Å². The minimum atomic E-state index is -3.58. The molecule has 8 heteroatoms. The van der Waals surface area contributed by atoms with Crippen LogP contribution >= 0.6 is 0 Å². The number of allylic oxidation sites excluding steroid dienone is 2. The second-order valence-corrected chi connectivity index (χ2v) is 10.5. The molecular weight excluding hydrogens is 424 g/mol. The molecule has 0 aliphatic carbocycles. The molecule has 1 N–H and O–H groups in total. The van der Waals surface area contributed by atoms with Crippen LogP contribution < -0.4 is 10.3 Å². The summed E-state index contributed by atoms with van der Waals surface area (Å²) in [6.45, 7) is 5.35. The highest BCUT2D eigenvalue weighted by Gasteiger charge is 2.37. The van der Waals surface area contributed by atoms with Gasteiger partial charge in [-0.05, 0) is 48.7 Å². The van der Waals surface area contributed by atoms with Crippen molar-refractivity contribution < 1.29 is 13.2 Å². The van der Waals surface area contributed by atoms with Gasteiger partial charge in [0.1, 0.15) is 0 Å². The summed E-state index contributed by atoms with van der Waals surface area (Å²) < 4.78 is 27.0. The molecule has 2 aliphatic rings. The molecule has 168 valence electrons. The number of nitrogens with one attached hydrogen (secondary N) is 1. The Morgan fingerprint density at radius 1 is 1.09 bits per heavy atom. The SMILES string of the molecule is CN1/C(=C\C=N\NC(=O)c2cccc(S(=O)(=O)N3CCCC3)c2)C(C)(C)c2ccccc21. The maximum atomic E-state index is 12.8. The normalized spacial score (nSPS) is 19.6. The van der Waals surface area contributed by atoms with E-state index in [-0.39, 0.29) is 15.9 Å². The van der Waals surface area contributed by atoms with Gasteiger partial charge < -0.3 is 4.90 Å². The fourth-order valence-corrected chi connectivity index (χ4v) is 6.01. The lowest BCUT2D eigenvalue weighted by Crippen LogP contribution is -2.28. The number of para-hydroxylation sites is 1. The average Bonchev–Trinajstić information content (AvgIpc) is 3.39. The van der Waals surface area contributed by atoms with Crippen LogP contribution in [0.3, 0.4) is 0 Å². The summed E-state index contributed by atoms with van der Waals surface area (Å²) in [4.78, 5) is 14.8. The van der Waals surface area contributed by atoms with Crippen LogP contribution in [-0.2, 0) is 15.4 Å². The smallest absolute Gasteiger partial charge is 0.271 e. The second kappa shape index (κ2) is 8.52. The summed E-state index contributed by atoms with van der Waals surface area (Å²) in [7, 11) is -1.56. The maximum absolute atomic E-state index is 12.8. The van der Waals surface area contributed by atoms with Crippen molar-refractivity contribution in [1.29, 1.82) is 0 Å². The first-order valence-electron chi connectivity index (χ1n) is 10.7. The number of anilines is 1. The highest BCUT2D eigenvalue weighted by Crippen LogP contribution is 2.46. The van der Waals surface area contributed by atoms with Crippen molar-refractivity contribution in [3.63, 3.8) is 0 Å². The third kappa shape index (κ3) is 3.96. The number of likely N-dealkylation sites (N-methyl/N-ethyl adjacent to an activating group) is 1. The zero-order valence-electron chi connectivity index (χ0n) is 18.6. The molecule has 2 aromatic carbocycles. The monoisotopic (exact) mass is 452 g/mol. The van der Waals surface area contributed by atoms with Crippen LogP contribution in [0.15, 0.2) is 70.3 Å². The maximum Gasteiger partial charge on any atom is 0.271 e. The van der Waals surface area contributed by atoms with Gasteiger partial charge in [0.25, 0.3) is 5.91 Å². The Bertz CT molecular complexity index is 1200. The zero-order valence-corrected chi connectivity index (χ0v) is 19.4. The number of rotatable bonds is 5. The Balaban J connectivity index is 1.47. The van der Waals surface area contributed by atoms with Gasteiger partial charge in [-0.2, -0.15) is 9.41 Å². The van der Waals surface area contributed by atoms with Gasteiger partial charge in [-0.15, -0.1) is 0 Å². The molecule has 0 unspecified atom stereocenters. The first-order valence-corrected chi connectivity index (χ1v) is 12.1. The Morgan fingerprint density at radius 2 is 1.81 bits per heavy atom. The van der Waals surface area contributed by atoms with Crippen LogP contribution in [0.25, 0.3) is 0 Å². The summed E-state index contributed by atoms with van der Waals surface area (Å²) in [6, 6.07) is 14.3. The third-order valence-electron chi connectivity index (χ3n) is 6.21. The highest BCUT2D eigenvalue weighted by molar-refractivity contribution is 7.89. The Hall–Kier alpha value is -2.97. The fourth-order valence-electron chi connectivity index (χ4n) is 4.45.